The molecule has 0 bridgehead atoms. The number of fused-ring (bicyclic) bond motifs is 6. The van der Waals surface area contributed by atoms with E-state index in [1.54, 1.807) is 11.3 Å². The fraction of sp³-hybridized carbons (Fsp3) is 0. The van der Waals surface area contributed by atoms with E-state index in [4.69, 9.17) is 24.9 Å². The number of aromatic nitrogens is 6. The molecule has 56 heavy (non-hydrogen) atoms. The Hall–Kier alpha value is -7.35. The largest absolute Gasteiger partial charge is 0.309 e. The van der Waals surface area contributed by atoms with Crippen molar-refractivity contribution in [2.45, 2.75) is 0 Å². The van der Waals surface area contributed by atoms with E-state index in [1.807, 2.05) is 42.7 Å². The summed E-state index contributed by atoms with van der Waals surface area (Å²) in [6, 6.07) is 59.1. The van der Waals surface area contributed by atoms with Crippen LogP contribution in [0.5, 0.6) is 0 Å². The Labute approximate surface area is 326 Å². The molecule has 6 nitrogen and oxygen atoms in total. The van der Waals surface area contributed by atoms with Gasteiger partial charge in [0.25, 0.3) is 0 Å². The number of rotatable bonds is 6. The molecule has 0 saturated carbocycles. The summed E-state index contributed by atoms with van der Waals surface area (Å²) in [5.41, 5.74) is 9.02. The molecule has 0 amide bonds. The van der Waals surface area contributed by atoms with Gasteiger partial charge in [0.1, 0.15) is 0 Å². The van der Waals surface area contributed by atoms with Crippen molar-refractivity contribution in [1.82, 2.24) is 29.5 Å². The Balaban J connectivity index is 1.08. The molecule has 0 aliphatic carbocycles. The second-order valence-corrected chi connectivity index (χ2v) is 14.8. The van der Waals surface area contributed by atoms with E-state index in [1.165, 1.54) is 30.9 Å². The minimum absolute atomic E-state index is 0.506. The first kappa shape index (κ1) is 32.1. The highest BCUT2D eigenvalue weighted by molar-refractivity contribution is 7.26. The third kappa shape index (κ3) is 5.36. The van der Waals surface area contributed by atoms with Crippen molar-refractivity contribution >= 4 is 53.3 Å². The van der Waals surface area contributed by atoms with E-state index >= 15 is 0 Å². The van der Waals surface area contributed by atoms with E-state index < -0.39 is 0 Å². The van der Waals surface area contributed by atoms with E-state index in [2.05, 4.69) is 144 Å². The zero-order chi connectivity index (χ0) is 37.0. The van der Waals surface area contributed by atoms with Gasteiger partial charge < -0.3 is 4.57 Å². The van der Waals surface area contributed by atoms with Crippen molar-refractivity contribution in [3.63, 3.8) is 0 Å². The van der Waals surface area contributed by atoms with Crippen molar-refractivity contribution in [3.05, 3.63) is 182 Å². The number of nitrogens with zero attached hydrogens (tertiary/aromatic N) is 6. The van der Waals surface area contributed by atoms with Gasteiger partial charge in [-0.3, -0.25) is 0 Å². The Morgan fingerprint density at radius 1 is 0.375 bits per heavy atom. The lowest BCUT2D eigenvalue weighted by Gasteiger charge is -2.16. The molecular formula is C49H30N6S. The smallest absolute Gasteiger partial charge is 0.167 e. The van der Waals surface area contributed by atoms with Crippen molar-refractivity contribution < 1.29 is 0 Å². The minimum atomic E-state index is 0.506. The third-order valence-electron chi connectivity index (χ3n) is 10.4. The Morgan fingerprint density at radius 3 is 1.62 bits per heavy atom. The molecule has 0 aliphatic rings. The molecule has 0 atom stereocenters. The van der Waals surface area contributed by atoms with Gasteiger partial charge >= 0.3 is 0 Å². The highest BCUT2D eigenvalue weighted by Crippen LogP contribution is 2.40. The molecule has 11 rings (SSSR count). The average molecular weight is 735 g/mol. The molecule has 0 aliphatic heterocycles. The first-order valence-corrected chi connectivity index (χ1v) is 19.3. The van der Waals surface area contributed by atoms with Crippen molar-refractivity contribution in [3.8, 4) is 62.4 Å². The van der Waals surface area contributed by atoms with E-state index in [9.17, 15) is 0 Å². The molecule has 4 aromatic heterocycles. The van der Waals surface area contributed by atoms with Gasteiger partial charge in [0.2, 0.25) is 0 Å². The molecule has 0 radical (unpaired) electrons. The van der Waals surface area contributed by atoms with Crippen LogP contribution < -0.4 is 0 Å². The van der Waals surface area contributed by atoms with Gasteiger partial charge in [0.05, 0.1) is 22.3 Å². The van der Waals surface area contributed by atoms with Crippen LogP contribution in [0.15, 0.2) is 182 Å². The number of benzene rings is 7. The summed E-state index contributed by atoms with van der Waals surface area (Å²) in [6.07, 6.45) is 3.65. The fourth-order valence-corrected chi connectivity index (χ4v) is 8.97. The standard InChI is InChI=1S/C49H30N6S/c1-3-14-31(15-4-1)35-27-26-33(28-43(35)55-41-23-10-7-18-36(41)37-19-8-11-24-42(37)55)47-52-46(32-16-5-2-6-17-32)53-48(54-47)34-29-50-49(51-30-34)40-22-13-21-39-38-20-9-12-25-44(38)56-45(39)40/h1-30H. The fourth-order valence-electron chi connectivity index (χ4n) is 7.76. The monoisotopic (exact) mass is 734 g/mol. The molecule has 4 heterocycles. The van der Waals surface area contributed by atoms with Crippen LogP contribution >= 0.6 is 11.3 Å². The molecule has 7 aromatic carbocycles. The van der Waals surface area contributed by atoms with Gasteiger partial charge in [-0.15, -0.1) is 11.3 Å². The van der Waals surface area contributed by atoms with Gasteiger partial charge in [0.15, 0.2) is 23.3 Å². The van der Waals surface area contributed by atoms with Crippen LogP contribution in [0.25, 0.3) is 104 Å². The van der Waals surface area contributed by atoms with Crippen LogP contribution in [-0.4, -0.2) is 29.5 Å². The van der Waals surface area contributed by atoms with Gasteiger partial charge in [-0.1, -0.05) is 140 Å². The Morgan fingerprint density at radius 2 is 0.929 bits per heavy atom. The summed E-state index contributed by atoms with van der Waals surface area (Å²) in [4.78, 5) is 25.0. The Kier molecular flexibility index (Phi) is 7.57. The van der Waals surface area contributed by atoms with E-state index in [-0.39, 0.29) is 0 Å². The number of hydrogen-bond donors (Lipinski definition) is 0. The van der Waals surface area contributed by atoms with Crippen LogP contribution in [0.3, 0.4) is 0 Å². The van der Waals surface area contributed by atoms with Crippen molar-refractivity contribution in [1.29, 1.82) is 0 Å². The molecule has 262 valence electrons. The molecule has 0 N–H and O–H groups in total. The second-order valence-electron chi connectivity index (χ2n) is 13.7. The van der Waals surface area contributed by atoms with E-state index in [0.29, 0.717) is 28.9 Å². The van der Waals surface area contributed by atoms with Crippen LogP contribution in [-0.2, 0) is 0 Å². The lowest BCUT2D eigenvalue weighted by atomic mass is 10.0. The minimum Gasteiger partial charge on any atom is -0.309 e. The van der Waals surface area contributed by atoms with Gasteiger partial charge in [-0.25, -0.2) is 24.9 Å². The molecule has 0 unspecified atom stereocenters. The summed E-state index contributed by atoms with van der Waals surface area (Å²) in [7, 11) is 0. The highest BCUT2D eigenvalue weighted by atomic mass is 32.1. The average Bonchev–Trinajstić information content (AvgIpc) is 3.83. The zero-order valence-electron chi connectivity index (χ0n) is 29.9. The summed E-state index contributed by atoms with van der Waals surface area (Å²) >= 11 is 1.77. The lowest BCUT2D eigenvalue weighted by molar-refractivity contribution is 1.06. The predicted molar refractivity (Wildman–Crippen MR) is 230 cm³/mol. The second kappa shape index (κ2) is 13.2. The molecule has 0 spiro atoms. The van der Waals surface area contributed by atoms with E-state index in [0.717, 1.165) is 44.5 Å². The van der Waals surface area contributed by atoms with Crippen LogP contribution in [0, 0.1) is 0 Å². The lowest BCUT2D eigenvalue weighted by Crippen LogP contribution is -2.03. The Bertz CT molecular complexity index is 3190. The number of para-hydroxylation sites is 2. The van der Waals surface area contributed by atoms with Crippen LogP contribution in [0.4, 0.5) is 0 Å². The predicted octanol–water partition coefficient (Wildman–Crippen LogP) is 12.5. The van der Waals surface area contributed by atoms with Gasteiger partial charge in [0, 0.05) is 65.6 Å². The maximum atomic E-state index is 5.12. The van der Waals surface area contributed by atoms with Gasteiger partial charge in [-0.2, -0.15) is 0 Å². The van der Waals surface area contributed by atoms with Crippen LogP contribution in [0.2, 0.25) is 0 Å². The topological polar surface area (TPSA) is 69.4 Å². The molecule has 7 heteroatoms. The third-order valence-corrected chi connectivity index (χ3v) is 11.6. The SMILES string of the molecule is c1ccc(-c2nc(-c3cnc(-c4cccc5c4sc4ccccc45)nc3)nc(-c3ccc(-c4ccccc4)c(-n4c5ccccc5c5ccccc54)c3)n2)cc1. The van der Waals surface area contributed by atoms with Crippen LogP contribution in [0.1, 0.15) is 0 Å². The maximum Gasteiger partial charge on any atom is 0.167 e. The first-order valence-electron chi connectivity index (χ1n) is 18.5. The van der Waals surface area contributed by atoms with Gasteiger partial charge in [-0.05, 0) is 35.9 Å². The first-order chi connectivity index (χ1) is 27.8. The quantitative estimate of drug-likeness (QED) is 0.170. The highest BCUT2D eigenvalue weighted by Gasteiger charge is 2.19. The van der Waals surface area contributed by atoms with Crippen molar-refractivity contribution in [2.75, 3.05) is 0 Å². The summed E-state index contributed by atoms with van der Waals surface area (Å²) in [5.74, 6) is 2.31. The summed E-state index contributed by atoms with van der Waals surface area (Å²) in [6.45, 7) is 0. The maximum absolute atomic E-state index is 5.12. The number of thiophene rings is 1. The zero-order valence-corrected chi connectivity index (χ0v) is 30.7. The summed E-state index contributed by atoms with van der Waals surface area (Å²) in [5, 5.41) is 4.86. The molecule has 0 saturated heterocycles. The van der Waals surface area contributed by atoms with Crippen molar-refractivity contribution in [2.24, 2.45) is 0 Å². The molecular weight excluding hydrogens is 705 g/mol. The molecule has 11 aromatic rings. The molecule has 0 fully saturated rings. The normalized spacial score (nSPS) is 11.6. The summed E-state index contributed by atoms with van der Waals surface area (Å²) < 4.78 is 4.78. The number of hydrogen-bond acceptors (Lipinski definition) is 6.